The molecule has 0 unspecified atom stereocenters. The van der Waals surface area contributed by atoms with Gasteiger partial charge in [0.25, 0.3) is 5.88 Å². The SMILES string of the molecule is Oc1nnnc(Cl)c1Cl. The van der Waals surface area contributed by atoms with Crippen LogP contribution in [0.2, 0.25) is 10.2 Å². The van der Waals surface area contributed by atoms with Gasteiger partial charge in [0.05, 0.1) is 0 Å². The highest BCUT2D eigenvalue weighted by Crippen LogP contribution is 2.24. The van der Waals surface area contributed by atoms with Crippen LogP contribution in [0.15, 0.2) is 0 Å². The van der Waals surface area contributed by atoms with E-state index < -0.39 is 5.88 Å². The highest BCUT2D eigenvalue weighted by molar-refractivity contribution is 6.41. The Labute approximate surface area is 60.4 Å². The summed E-state index contributed by atoms with van der Waals surface area (Å²) < 4.78 is 0. The number of rotatable bonds is 0. The van der Waals surface area contributed by atoms with E-state index in [2.05, 4.69) is 15.4 Å². The van der Waals surface area contributed by atoms with E-state index in [1.165, 1.54) is 0 Å². The topological polar surface area (TPSA) is 58.9 Å². The van der Waals surface area contributed by atoms with Gasteiger partial charge in [-0.1, -0.05) is 28.3 Å². The fraction of sp³-hybridized carbons (Fsp3) is 0. The van der Waals surface area contributed by atoms with Crippen LogP contribution in [-0.4, -0.2) is 20.5 Å². The lowest BCUT2D eigenvalue weighted by molar-refractivity contribution is 0.440. The van der Waals surface area contributed by atoms with Crippen LogP contribution in [0.4, 0.5) is 0 Å². The monoisotopic (exact) mass is 165 g/mol. The Morgan fingerprint density at radius 3 is 2.33 bits per heavy atom. The fourth-order valence-electron chi connectivity index (χ4n) is 0.284. The lowest BCUT2D eigenvalue weighted by Gasteiger charge is -1.91. The number of hydrogen-bond donors (Lipinski definition) is 1. The summed E-state index contributed by atoms with van der Waals surface area (Å²) in [6, 6.07) is 0. The molecular weight excluding hydrogens is 165 g/mol. The maximum absolute atomic E-state index is 8.67. The van der Waals surface area contributed by atoms with Gasteiger partial charge in [0.1, 0.15) is 5.02 Å². The second-order valence-electron chi connectivity index (χ2n) is 1.22. The lowest BCUT2D eigenvalue weighted by Crippen LogP contribution is -1.87. The van der Waals surface area contributed by atoms with Crippen LogP contribution in [0.3, 0.4) is 0 Å². The number of aromatic hydroxyl groups is 1. The van der Waals surface area contributed by atoms with Gasteiger partial charge in [-0.25, -0.2) is 0 Å². The predicted molar refractivity (Wildman–Crippen MR) is 31.5 cm³/mol. The van der Waals surface area contributed by atoms with Gasteiger partial charge in [0, 0.05) is 0 Å². The molecule has 0 aliphatic rings. The second kappa shape index (κ2) is 2.33. The standard InChI is InChI=1S/C3HCl2N3O/c4-1-2(5)6-8-7-3(1)9/h(H,6,7,9). The largest absolute Gasteiger partial charge is 0.491 e. The van der Waals surface area contributed by atoms with Crippen molar-refractivity contribution in [3.05, 3.63) is 10.2 Å². The van der Waals surface area contributed by atoms with Crippen LogP contribution in [0, 0.1) is 0 Å². The third-order valence-electron chi connectivity index (χ3n) is 0.649. The molecule has 0 saturated carbocycles. The van der Waals surface area contributed by atoms with Crippen molar-refractivity contribution in [2.24, 2.45) is 0 Å². The van der Waals surface area contributed by atoms with Gasteiger partial charge in [-0.15, -0.1) is 5.10 Å². The number of nitrogens with zero attached hydrogens (tertiary/aromatic N) is 3. The van der Waals surface area contributed by atoms with Gasteiger partial charge >= 0.3 is 0 Å². The maximum Gasteiger partial charge on any atom is 0.255 e. The number of hydrogen-bond acceptors (Lipinski definition) is 4. The van der Waals surface area contributed by atoms with E-state index in [1.807, 2.05) is 0 Å². The molecule has 9 heavy (non-hydrogen) atoms. The predicted octanol–water partition coefficient (Wildman–Crippen LogP) is 0.884. The third kappa shape index (κ3) is 1.20. The molecule has 0 spiro atoms. The van der Waals surface area contributed by atoms with Crippen LogP contribution in [0.25, 0.3) is 0 Å². The first kappa shape index (κ1) is 6.51. The van der Waals surface area contributed by atoms with Gasteiger partial charge in [0.2, 0.25) is 0 Å². The van der Waals surface area contributed by atoms with Gasteiger partial charge < -0.3 is 5.11 Å². The molecule has 0 radical (unpaired) electrons. The van der Waals surface area contributed by atoms with Gasteiger partial charge in [-0.3, -0.25) is 0 Å². The van der Waals surface area contributed by atoms with E-state index in [0.29, 0.717) is 0 Å². The van der Waals surface area contributed by atoms with Gasteiger partial charge in [-0.05, 0) is 5.21 Å². The van der Waals surface area contributed by atoms with Gasteiger partial charge in [-0.2, -0.15) is 0 Å². The molecule has 1 aromatic rings. The number of aromatic nitrogens is 3. The van der Waals surface area contributed by atoms with Gasteiger partial charge in [0.15, 0.2) is 5.15 Å². The van der Waals surface area contributed by atoms with Crippen LogP contribution in [0.1, 0.15) is 0 Å². The second-order valence-corrected chi connectivity index (χ2v) is 1.95. The van der Waals surface area contributed by atoms with Crippen molar-refractivity contribution in [2.75, 3.05) is 0 Å². The lowest BCUT2D eigenvalue weighted by atomic mass is 10.7. The normalized spacial score (nSPS) is 9.56. The van der Waals surface area contributed by atoms with Crippen molar-refractivity contribution in [1.82, 2.24) is 15.4 Å². The van der Waals surface area contributed by atoms with Crippen molar-refractivity contribution in [3.8, 4) is 5.88 Å². The van der Waals surface area contributed by atoms with E-state index >= 15 is 0 Å². The van der Waals surface area contributed by atoms with E-state index in [9.17, 15) is 0 Å². The van der Waals surface area contributed by atoms with Crippen LogP contribution in [0.5, 0.6) is 5.88 Å². The molecule has 1 aromatic heterocycles. The maximum atomic E-state index is 8.67. The highest BCUT2D eigenvalue weighted by Gasteiger charge is 2.04. The summed E-state index contributed by atoms with van der Waals surface area (Å²) >= 11 is 10.6. The Kier molecular flexibility index (Phi) is 1.68. The van der Waals surface area contributed by atoms with Crippen molar-refractivity contribution >= 4 is 23.2 Å². The zero-order valence-electron chi connectivity index (χ0n) is 4.04. The summed E-state index contributed by atoms with van der Waals surface area (Å²) in [5, 5.41) is 18.0. The Hall–Kier alpha value is -0.610. The molecule has 0 aliphatic carbocycles. The van der Waals surface area contributed by atoms with E-state index in [0.717, 1.165) is 0 Å². The molecule has 0 aliphatic heterocycles. The van der Waals surface area contributed by atoms with Crippen LogP contribution >= 0.6 is 23.2 Å². The molecule has 1 rings (SSSR count). The average Bonchev–Trinajstić information content (AvgIpc) is 1.83. The molecule has 0 bridgehead atoms. The van der Waals surface area contributed by atoms with Crippen molar-refractivity contribution in [2.45, 2.75) is 0 Å². The molecule has 0 saturated heterocycles. The van der Waals surface area contributed by atoms with Crippen LogP contribution in [-0.2, 0) is 0 Å². The molecule has 6 heteroatoms. The first-order valence-electron chi connectivity index (χ1n) is 1.95. The fourth-order valence-corrected chi connectivity index (χ4v) is 0.478. The highest BCUT2D eigenvalue weighted by atomic mass is 35.5. The summed E-state index contributed by atoms with van der Waals surface area (Å²) in [6.45, 7) is 0. The van der Waals surface area contributed by atoms with Crippen molar-refractivity contribution in [3.63, 3.8) is 0 Å². The Morgan fingerprint density at radius 1 is 1.22 bits per heavy atom. The molecular formula is C3HCl2N3O. The van der Waals surface area contributed by atoms with Crippen molar-refractivity contribution in [1.29, 1.82) is 0 Å². The summed E-state index contributed by atoms with van der Waals surface area (Å²) in [7, 11) is 0. The molecule has 0 atom stereocenters. The number of halogens is 2. The molecule has 4 nitrogen and oxygen atoms in total. The van der Waals surface area contributed by atoms with Crippen LogP contribution < -0.4 is 0 Å². The average molecular weight is 166 g/mol. The Morgan fingerprint density at radius 2 is 1.89 bits per heavy atom. The summed E-state index contributed by atoms with van der Waals surface area (Å²) in [5.41, 5.74) is 0. The zero-order valence-corrected chi connectivity index (χ0v) is 5.56. The molecule has 0 fully saturated rings. The van der Waals surface area contributed by atoms with E-state index in [1.54, 1.807) is 0 Å². The molecule has 1 N–H and O–H groups in total. The zero-order chi connectivity index (χ0) is 6.85. The first-order valence-corrected chi connectivity index (χ1v) is 2.70. The van der Waals surface area contributed by atoms with E-state index in [4.69, 9.17) is 28.3 Å². The third-order valence-corrected chi connectivity index (χ3v) is 1.36. The minimum absolute atomic E-state index is 0.0517. The molecule has 0 amide bonds. The summed E-state index contributed by atoms with van der Waals surface area (Å²) in [6.07, 6.45) is 0. The summed E-state index contributed by atoms with van der Waals surface area (Å²) in [4.78, 5) is 0. The smallest absolute Gasteiger partial charge is 0.255 e. The minimum Gasteiger partial charge on any atom is -0.491 e. The minimum atomic E-state index is -0.406. The molecule has 48 valence electrons. The Balaban J connectivity index is 3.25. The summed E-state index contributed by atoms with van der Waals surface area (Å²) in [5.74, 6) is -0.406. The molecule has 0 aromatic carbocycles. The van der Waals surface area contributed by atoms with E-state index in [-0.39, 0.29) is 10.2 Å². The molecule has 1 heterocycles. The quantitative estimate of drug-likeness (QED) is 0.621. The first-order chi connectivity index (χ1) is 4.22. The Bertz CT molecular complexity index is 208. The van der Waals surface area contributed by atoms with Crippen molar-refractivity contribution < 1.29 is 5.11 Å².